The molecular formula is C11H15ClN2. The van der Waals surface area contributed by atoms with Gasteiger partial charge in [-0.1, -0.05) is 11.6 Å². The van der Waals surface area contributed by atoms with Crippen LogP contribution in [-0.2, 0) is 0 Å². The monoisotopic (exact) mass is 210 g/mol. The number of rotatable bonds is 0. The van der Waals surface area contributed by atoms with Crippen LogP contribution in [0, 0.1) is 0 Å². The Morgan fingerprint density at radius 1 is 1.43 bits per heavy atom. The number of hydrogen-bond acceptors (Lipinski definition) is 2. The number of halogens is 1. The van der Waals surface area contributed by atoms with Crippen molar-refractivity contribution in [3.63, 3.8) is 0 Å². The van der Waals surface area contributed by atoms with Crippen LogP contribution in [0.15, 0.2) is 18.2 Å². The van der Waals surface area contributed by atoms with Crippen molar-refractivity contribution in [2.45, 2.75) is 19.4 Å². The van der Waals surface area contributed by atoms with Gasteiger partial charge in [0.05, 0.1) is 11.4 Å². The molecule has 0 aromatic heterocycles. The van der Waals surface area contributed by atoms with Crippen LogP contribution in [0.4, 0.5) is 11.4 Å². The van der Waals surface area contributed by atoms with Crippen molar-refractivity contribution in [1.82, 2.24) is 0 Å². The molecule has 1 N–H and O–H groups in total. The van der Waals surface area contributed by atoms with E-state index in [-0.39, 0.29) is 5.54 Å². The van der Waals surface area contributed by atoms with E-state index >= 15 is 0 Å². The molecule has 1 aliphatic rings. The zero-order valence-electron chi connectivity index (χ0n) is 8.76. The number of fused-ring (bicyclic) bond motifs is 1. The average molecular weight is 211 g/mol. The molecule has 1 aromatic carbocycles. The molecule has 0 atom stereocenters. The molecule has 0 saturated heterocycles. The molecule has 3 heteroatoms. The van der Waals surface area contributed by atoms with Crippen molar-refractivity contribution in [3.05, 3.63) is 23.2 Å². The largest absolute Gasteiger partial charge is 0.377 e. The molecule has 0 amide bonds. The minimum atomic E-state index is 0.121. The van der Waals surface area contributed by atoms with Gasteiger partial charge in [-0.3, -0.25) is 0 Å². The molecule has 2 nitrogen and oxygen atoms in total. The molecule has 0 spiro atoms. The average Bonchev–Trinajstić information content (AvgIpc) is 2.05. The molecule has 1 aromatic rings. The van der Waals surface area contributed by atoms with E-state index in [0.717, 1.165) is 17.3 Å². The topological polar surface area (TPSA) is 15.3 Å². The summed E-state index contributed by atoms with van der Waals surface area (Å²) in [5, 5.41) is 4.28. The number of likely N-dealkylation sites (N-methyl/N-ethyl adjacent to an activating group) is 1. The van der Waals surface area contributed by atoms with Gasteiger partial charge in [0.25, 0.3) is 0 Å². The molecule has 2 rings (SSSR count). The second-order valence-electron chi connectivity index (χ2n) is 4.53. The van der Waals surface area contributed by atoms with Crippen LogP contribution in [0.3, 0.4) is 0 Å². The van der Waals surface area contributed by atoms with E-state index in [0.29, 0.717) is 0 Å². The normalized spacial score (nSPS) is 18.7. The summed E-state index contributed by atoms with van der Waals surface area (Å²) in [7, 11) is 2.09. The Morgan fingerprint density at radius 3 is 2.86 bits per heavy atom. The van der Waals surface area contributed by atoms with Crippen LogP contribution in [-0.4, -0.2) is 19.1 Å². The maximum Gasteiger partial charge on any atom is 0.0615 e. The lowest BCUT2D eigenvalue weighted by Gasteiger charge is -2.40. The first-order valence-electron chi connectivity index (χ1n) is 4.77. The van der Waals surface area contributed by atoms with E-state index in [2.05, 4.69) is 31.1 Å². The highest BCUT2D eigenvalue weighted by atomic mass is 35.5. The van der Waals surface area contributed by atoms with Crippen LogP contribution in [0.1, 0.15) is 13.8 Å². The second kappa shape index (κ2) is 3.06. The molecule has 0 radical (unpaired) electrons. The summed E-state index contributed by atoms with van der Waals surface area (Å²) in [5.74, 6) is 0. The summed E-state index contributed by atoms with van der Waals surface area (Å²) in [4.78, 5) is 2.23. The lowest BCUT2D eigenvalue weighted by molar-refractivity contribution is 0.550. The smallest absolute Gasteiger partial charge is 0.0615 e. The van der Waals surface area contributed by atoms with Gasteiger partial charge in [0, 0.05) is 24.2 Å². The van der Waals surface area contributed by atoms with Crippen molar-refractivity contribution >= 4 is 23.0 Å². The Labute approximate surface area is 89.9 Å². The predicted octanol–water partition coefficient (Wildman–Crippen LogP) is 2.98. The quantitative estimate of drug-likeness (QED) is 0.708. The van der Waals surface area contributed by atoms with Gasteiger partial charge in [-0.05, 0) is 32.0 Å². The summed E-state index contributed by atoms with van der Waals surface area (Å²) in [6, 6.07) is 5.96. The number of benzene rings is 1. The van der Waals surface area contributed by atoms with E-state index in [1.54, 1.807) is 0 Å². The fourth-order valence-corrected chi connectivity index (χ4v) is 2.17. The van der Waals surface area contributed by atoms with Crippen LogP contribution in [0.25, 0.3) is 0 Å². The van der Waals surface area contributed by atoms with E-state index < -0.39 is 0 Å². The van der Waals surface area contributed by atoms with Crippen molar-refractivity contribution in [3.8, 4) is 0 Å². The molecule has 1 heterocycles. The van der Waals surface area contributed by atoms with E-state index in [9.17, 15) is 0 Å². The van der Waals surface area contributed by atoms with Gasteiger partial charge >= 0.3 is 0 Å². The van der Waals surface area contributed by atoms with Gasteiger partial charge in [0.2, 0.25) is 0 Å². The number of hydrogen-bond donors (Lipinski definition) is 1. The zero-order chi connectivity index (χ0) is 10.3. The first-order valence-corrected chi connectivity index (χ1v) is 5.15. The molecule has 0 bridgehead atoms. The van der Waals surface area contributed by atoms with Gasteiger partial charge in [-0.25, -0.2) is 0 Å². The molecule has 76 valence electrons. The van der Waals surface area contributed by atoms with Crippen molar-refractivity contribution in [1.29, 1.82) is 0 Å². The maximum atomic E-state index is 5.96. The van der Waals surface area contributed by atoms with Crippen molar-refractivity contribution < 1.29 is 0 Å². The molecular weight excluding hydrogens is 196 g/mol. The van der Waals surface area contributed by atoms with Crippen LogP contribution >= 0.6 is 11.6 Å². The van der Waals surface area contributed by atoms with Crippen LogP contribution in [0.2, 0.25) is 5.02 Å². The van der Waals surface area contributed by atoms with Crippen LogP contribution in [0.5, 0.6) is 0 Å². The molecule has 1 aliphatic heterocycles. The van der Waals surface area contributed by atoms with Gasteiger partial charge in [-0.2, -0.15) is 0 Å². The third kappa shape index (κ3) is 1.67. The van der Waals surface area contributed by atoms with Crippen molar-refractivity contribution in [2.75, 3.05) is 23.8 Å². The summed E-state index contributed by atoms with van der Waals surface area (Å²) < 4.78 is 0. The Bertz CT molecular complexity index is 360. The zero-order valence-corrected chi connectivity index (χ0v) is 9.52. The summed E-state index contributed by atoms with van der Waals surface area (Å²) >= 11 is 5.96. The van der Waals surface area contributed by atoms with Crippen LogP contribution < -0.4 is 10.2 Å². The Kier molecular flexibility index (Phi) is 2.11. The molecule has 0 aliphatic carbocycles. The predicted molar refractivity (Wildman–Crippen MR) is 62.4 cm³/mol. The summed E-state index contributed by atoms with van der Waals surface area (Å²) in [6.07, 6.45) is 0. The highest BCUT2D eigenvalue weighted by Crippen LogP contribution is 2.35. The standard InChI is InChI=1S/C11H15ClN2/c1-11(2)7-14(3)10-6-8(12)4-5-9(10)13-11/h4-6,13H,7H2,1-3H3. The third-order valence-electron chi connectivity index (χ3n) is 2.48. The summed E-state index contributed by atoms with van der Waals surface area (Å²) in [6.45, 7) is 5.38. The van der Waals surface area contributed by atoms with Gasteiger partial charge in [-0.15, -0.1) is 0 Å². The van der Waals surface area contributed by atoms with E-state index in [4.69, 9.17) is 11.6 Å². The first-order chi connectivity index (χ1) is 6.48. The minimum Gasteiger partial charge on any atom is -0.377 e. The Hall–Kier alpha value is -0.890. The fourth-order valence-electron chi connectivity index (χ4n) is 2.01. The molecule has 0 saturated carbocycles. The molecule has 0 fully saturated rings. The third-order valence-corrected chi connectivity index (χ3v) is 2.71. The minimum absolute atomic E-state index is 0.121. The first kappa shape index (κ1) is 9.66. The van der Waals surface area contributed by atoms with E-state index in [1.165, 1.54) is 5.69 Å². The highest BCUT2D eigenvalue weighted by Gasteiger charge is 2.27. The Morgan fingerprint density at radius 2 is 2.14 bits per heavy atom. The summed E-state index contributed by atoms with van der Waals surface area (Å²) in [5.41, 5.74) is 2.46. The number of anilines is 2. The van der Waals surface area contributed by atoms with E-state index in [1.807, 2.05) is 18.2 Å². The molecule has 14 heavy (non-hydrogen) atoms. The Balaban J connectivity index is 2.45. The lowest BCUT2D eigenvalue weighted by Crippen LogP contribution is -2.46. The molecule has 0 unspecified atom stereocenters. The van der Waals surface area contributed by atoms with Crippen molar-refractivity contribution in [2.24, 2.45) is 0 Å². The lowest BCUT2D eigenvalue weighted by atomic mass is 10.00. The van der Waals surface area contributed by atoms with Gasteiger partial charge in [0.1, 0.15) is 0 Å². The number of nitrogens with one attached hydrogen (secondary N) is 1. The number of nitrogens with zero attached hydrogens (tertiary/aromatic N) is 1. The maximum absolute atomic E-state index is 5.96. The van der Waals surface area contributed by atoms with Gasteiger partial charge < -0.3 is 10.2 Å². The van der Waals surface area contributed by atoms with Gasteiger partial charge in [0.15, 0.2) is 0 Å². The fraction of sp³-hybridized carbons (Fsp3) is 0.455. The highest BCUT2D eigenvalue weighted by molar-refractivity contribution is 6.31. The second-order valence-corrected chi connectivity index (χ2v) is 4.96. The SMILES string of the molecule is CN1CC(C)(C)Nc2ccc(Cl)cc21.